The largest absolute Gasteiger partial charge is 0.381 e. The van der Waals surface area contributed by atoms with E-state index < -0.39 is 0 Å². The monoisotopic (exact) mass is 215 g/mol. The quantitative estimate of drug-likeness (QED) is 0.692. The summed E-state index contributed by atoms with van der Waals surface area (Å²) in [4.78, 5) is 1.57. The third-order valence-electron chi connectivity index (χ3n) is 2.50. The molecule has 1 aromatic rings. The van der Waals surface area contributed by atoms with Gasteiger partial charge in [-0.05, 0) is 12.8 Å². The lowest BCUT2D eigenvalue weighted by Crippen LogP contribution is -2.29. The van der Waals surface area contributed by atoms with Gasteiger partial charge in [-0.2, -0.15) is 15.0 Å². The van der Waals surface area contributed by atoms with Crippen molar-refractivity contribution in [3.8, 4) is 0 Å². The molecule has 0 aliphatic carbocycles. The van der Waals surface area contributed by atoms with Crippen LogP contribution in [0.2, 0.25) is 0 Å². The van der Waals surface area contributed by atoms with E-state index in [2.05, 4.69) is 10.2 Å². The number of hydrogen-bond donors (Lipinski definition) is 0. The lowest BCUT2D eigenvalue weighted by Gasteiger charge is -2.26. The molecule has 0 aromatic carbocycles. The topological polar surface area (TPSA) is 39.9 Å². The van der Waals surface area contributed by atoms with E-state index in [9.17, 15) is 0 Å². The molecular weight excluding hydrogens is 202 g/mol. The molecule has 78 valence electrons. The van der Waals surface area contributed by atoms with Crippen LogP contribution < -0.4 is 0 Å². The molecular formula is C9H14ClN3O. The van der Waals surface area contributed by atoms with Gasteiger partial charge < -0.3 is 4.74 Å². The Kier molecular flexibility index (Phi) is 3.03. The van der Waals surface area contributed by atoms with E-state index in [0.29, 0.717) is 5.92 Å². The lowest BCUT2D eigenvalue weighted by atomic mass is 9.97. The second-order valence-electron chi connectivity index (χ2n) is 3.67. The van der Waals surface area contributed by atoms with Crippen LogP contribution in [0.15, 0.2) is 6.20 Å². The van der Waals surface area contributed by atoms with Crippen LogP contribution in [0.4, 0.5) is 0 Å². The lowest BCUT2D eigenvalue weighted by molar-refractivity contribution is 0.0574. The average molecular weight is 216 g/mol. The van der Waals surface area contributed by atoms with Crippen LogP contribution >= 0.6 is 11.6 Å². The second-order valence-corrected chi connectivity index (χ2v) is 4.23. The first kappa shape index (κ1) is 9.93. The average Bonchev–Trinajstić information content (AvgIpc) is 2.56. The molecule has 1 aliphatic rings. The fourth-order valence-electron chi connectivity index (χ4n) is 1.71. The second kappa shape index (κ2) is 4.28. The summed E-state index contributed by atoms with van der Waals surface area (Å²) in [6.45, 7) is 1.52. The Morgan fingerprint density at radius 3 is 3.21 bits per heavy atom. The van der Waals surface area contributed by atoms with E-state index in [-0.39, 0.29) is 5.38 Å². The first-order chi connectivity index (χ1) is 6.75. The van der Waals surface area contributed by atoms with Gasteiger partial charge in [-0.15, -0.1) is 11.6 Å². The molecule has 14 heavy (non-hydrogen) atoms. The van der Waals surface area contributed by atoms with Gasteiger partial charge in [0.25, 0.3) is 0 Å². The predicted octanol–water partition coefficient (Wildman–Crippen LogP) is 1.00. The fourth-order valence-corrected chi connectivity index (χ4v) is 1.96. The maximum absolute atomic E-state index is 6.20. The number of alkyl halides is 1. The number of halogens is 1. The van der Waals surface area contributed by atoms with Crippen molar-refractivity contribution in [3.05, 3.63) is 11.9 Å². The van der Waals surface area contributed by atoms with Crippen molar-refractivity contribution in [1.29, 1.82) is 0 Å². The molecule has 2 heterocycles. The van der Waals surface area contributed by atoms with Gasteiger partial charge in [0.1, 0.15) is 0 Å². The van der Waals surface area contributed by atoms with Crippen LogP contribution in [-0.2, 0) is 18.2 Å². The number of rotatable bonds is 2. The normalized spacial score (nSPS) is 27.9. The van der Waals surface area contributed by atoms with Crippen LogP contribution in [0.5, 0.6) is 0 Å². The summed E-state index contributed by atoms with van der Waals surface area (Å²) in [5.41, 5.74) is 0.994. The molecule has 2 rings (SSSR count). The summed E-state index contributed by atoms with van der Waals surface area (Å²) in [6.07, 6.45) is 3.59. The highest BCUT2D eigenvalue weighted by molar-refractivity contribution is 6.20. The van der Waals surface area contributed by atoms with Crippen LogP contribution in [0, 0.1) is 5.92 Å². The highest BCUT2D eigenvalue weighted by Gasteiger charge is 2.24. The Morgan fingerprint density at radius 2 is 2.57 bits per heavy atom. The zero-order valence-electron chi connectivity index (χ0n) is 8.19. The Bertz CT molecular complexity index is 302. The molecule has 1 aromatic heterocycles. The Hall–Kier alpha value is -0.610. The van der Waals surface area contributed by atoms with Crippen molar-refractivity contribution < 1.29 is 4.74 Å². The number of aromatic nitrogens is 3. The SMILES string of the molecule is Cn1ncc(CC2COCCC2Cl)n1. The summed E-state index contributed by atoms with van der Waals surface area (Å²) in [6, 6.07) is 0. The molecule has 0 saturated carbocycles. The third kappa shape index (κ3) is 2.25. The van der Waals surface area contributed by atoms with E-state index in [0.717, 1.165) is 31.7 Å². The molecule has 1 aliphatic heterocycles. The molecule has 1 saturated heterocycles. The summed E-state index contributed by atoms with van der Waals surface area (Å²) < 4.78 is 5.39. The molecule has 2 atom stereocenters. The Morgan fingerprint density at radius 1 is 1.71 bits per heavy atom. The third-order valence-corrected chi connectivity index (χ3v) is 3.07. The minimum atomic E-state index is 0.214. The standard InChI is InChI=1S/C9H14ClN3O/c1-13-11-5-8(12-13)4-7-6-14-3-2-9(7)10/h5,7,9H,2-4,6H2,1H3. The van der Waals surface area contributed by atoms with Crippen molar-refractivity contribution in [2.45, 2.75) is 18.2 Å². The van der Waals surface area contributed by atoms with Crippen molar-refractivity contribution in [1.82, 2.24) is 15.0 Å². The summed E-state index contributed by atoms with van der Waals surface area (Å²) in [5, 5.41) is 8.47. The van der Waals surface area contributed by atoms with Gasteiger partial charge in [-0.25, -0.2) is 0 Å². The Labute approximate surface area is 88.2 Å². The molecule has 5 heteroatoms. The van der Waals surface area contributed by atoms with Crippen LogP contribution in [0.25, 0.3) is 0 Å². The van der Waals surface area contributed by atoms with Crippen molar-refractivity contribution in [3.63, 3.8) is 0 Å². The molecule has 0 amide bonds. The van der Waals surface area contributed by atoms with Gasteiger partial charge in [0.2, 0.25) is 0 Å². The van der Waals surface area contributed by atoms with E-state index in [1.54, 1.807) is 11.0 Å². The first-order valence-electron chi connectivity index (χ1n) is 4.82. The van der Waals surface area contributed by atoms with Gasteiger partial charge in [0, 0.05) is 24.9 Å². The van der Waals surface area contributed by atoms with E-state index in [1.807, 2.05) is 7.05 Å². The molecule has 2 unspecified atom stereocenters. The maximum Gasteiger partial charge on any atom is 0.0831 e. The van der Waals surface area contributed by atoms with Crippen molar-refractivity contribution in [2.24, 2.45) is 13.0 Å². The van der Waals surface area contributed by atoms with Crippen molar-refractivity contribution in [2.75, 3.05) is 13.2 Å². The molecule has 0 N–H and O–H groups in total. The zero-order chi connectivity index (χ0) is 9.97. The van der Waals surface area contributed by atoms with Gasteiger partial charge in [-0.3, -0.25) is 0 Å². The predicted molar refractivity (Wildman–Crippen MR) is 53.3 cm³/mol. The summed E-state index contributed by atoms with van der Waals surface area (Å²) in [5.74, 6) is 0.377. The Balaban J connectivity index is 1.95. The van der Waals surface area contributed by atoms with E-state index >= 15 is 0 Å². The number of hydrogen-bond acceptors (Lipinski definition) is 3. The highest BCUT2D eigenvalue weighted by atomic mass is 35.5. The maximum atomic E-state index is 6.20. The van der Waals surface area contributed by atoms with Crippen LogP contribution in [0.1, 0.15) is 12.1 Å². The molecule has 0 radical (unpaired) electrons. The van der Waals surface area contributed by atoms with Gasteiger partial charge >= 0.3 is 0 Å². The summed E-state index contributed by atoms with van der Waals surface area (Å²) >= 11 is 6.20. The van der Waals surface area contributed by atoms with Crippen LogP contribution in [0.3, 0.4) is 0 Å². The molecule has 0 spiro atoms. The number of aryl methyl sites for hydroxylation is 1. The highest BCUT2D eigenvalue weighted by Crippen LogP contribution is 2.23. The number of nitrogens with zero attached hydrogens (tertiary/aromatic N) is 3. The smallest absolute Gasteiger partial charge is 0.0831 e. The van der Waals surface area contributed by atoms with E-state index in [4.69, 9.17) is 16.3 Å². The minimum Gasteiger partial charge on any atom is -0.381 e. The van der Waals surface area contributed by atoms with Crippen molar-refractivity contribution >= 4 is 11.6 Å². The molecule has 1 fully saturated rings. The first-order valence-corrected chi connectivity index (χ1v) is 5.26. The molecule has 4 nitrogen and oxygen atoms in total. The zero-order valence-corrected chi connectivity index (χ0v) is 8.94. The molecule has 0 bridgehead atoms. The summed E-state index contributed by atoms with van der Waals surface area (Å²) in [7, 11) is 1.82. The van der Waals surface area contributed by atoms with Gasteiger partial charge in [0.05, 0.1) is 18.5 Å². The minimum absolute atomic E-state index is 0.214. The number of ether oxygens (including phenoxy) is 1. The van der Waals surface area contributed by atoms with E-state index in [1.165, 1.54) is 0 Å². The van der Waals surface area contributed by atoms with Gasteiger partial charge in [0.15, 0.2) is 0 Å². The fraction of sp³-hybridized carbons (Fsp3) is 0.778. The van der Waals surface area contributed by atoms with Crippen LogP contribution in [-0.4, -0.2) is 33.6 Å². The van der Waals surface area contributed by atoms with Gasteiger partial charge in [-0.1, -0.05) is 0 Å².